The van der Waals surface area contributed by atoms with Gasteiger partial charge >= 0.3 is 0 Å². The van der Waals surface area contributed by atoms with E-state index in [0.717, 1.165) is 11.4 Å². The van der Waals surface area contributed by atoms with Crippen molar-refractivity contribution >= 4 is 17.2 Å². The third-order valence-corrected chi connectivity index (χ3v) is 4.85. The summed E-state index contributed by atoms with van der Waals surface area (Å²) in [5, 5.41) is 2.74. The van der Waals surface area contributed by atoms with E-state index in [1.165, 1.54) is 22.5 Å². The van der Waals surface area contributed by atoms with E-state index in [1.807, 2.05) is 12.4 Å². The predicted molar refractivity (Wildman–Crippen MR) is 96.0 cm³/mol. The van der Waals surface area contributed by atoms with Crippen molar-refractivity contribution in [3.63, 3.8) is 0 Å². The Labute approximate surface area is 142 Å². The molecule has 4 nitrogen and oxygen atoms in total. The topological polar surface area (TPSA) is 59.2 Å². The lowest BCUT2D eigenvalue weighted by atomic mass is 9.84. The minimum Gasteiger partial charge on any atom is -0.339 e. The molecule has 0 unspecified atom stereocenters. The maximum absolute atomic E-state index is 12.6. The van der Waals surface area contributed by atoms with Crippen molar-refractivity contribution in [2.24, 2.45) is 5.73 Å². The van der Waals surface area contributed by atoms with E-state index in [1.54, 1.807) is 4.90 Å². The summed E-state index contributed by atoms with van der Waals surface area (Å²) in [5.74, 6) is -0.0373. The zero-order chi connectivity index (χ0) is 17.0. The van der Waals surface area contributed by atoms with Gasteiger partial charge in [-0.3, -0.25) is 4.79 Å². The van der Waals surface area contributed by atoms with Gasteiger partial charge in [-0.05, 0) is 19.0 Å². The number of aromatic nitrogens is 1. The van der Waals surface area contributed by atoms with E-state index in [4.69, 9.17) is 5.73 Å². The molecule has 0 aliphatic carbocycles. The van der Waals surface area contributed by atoms with Crippen LogP contribution in [0.25, 0.3) is 0 Å². The average Bonchev–Trinajstić information content (AvgIpc) is 2.95. The number of hydrogen-bond donors (Lipinski definition) is 1. The maximum atomic E-state index is 12.6. The van der Waals surface area contributed by atoms with Crippen LogP contribution in [0.15, 0.2) is 29.6 Å². The molecule has 1 amide bonds. The van der Waals surface area contributed by atoms with Crippen LogP contribution in [-0.4, -0.2) is 35.9 Å². The normalized spacial score (nSPS) is 11.5. The van der Waals surface area contributed by atoms with Crippen molar-refractivity contribution in [3.8, 4) is 0 Å². The van der Waals surface area contributed by atoms with Crippen molar-refractivity contribution in [1.82, 2.24) is 9.88 Å². The van der Waals surface area contributed by atoms with Gasteiger partial charge in [0.1, 0.15) is 5.69 Å². The smallest absolute Gasteiger partial charge is 0.273 e. The third-order valence-electron chi connectivity index (χ3n) is 3.94. The molecule has 124 valence electrons. The molecule has 0 aliphatic heterocycles. The van der Waals surface area contributed by atoms with E-state index in [-0.39, 0.29) is 11.3 Å². The second kappa shape index (κ2) is 7.23. The summed E-state index contributed by atoms with van der Waals surface area (Å²) >= 11 is 1.50. The zero-order valence-electron chi connectivity index (χ0n) is 14.3. The number of likely N-dealkylation sites (N-methyl/N-ethyl adjacent to an activating group) is 1. The minimum atomic E-state index is -0.117. The van der Waals surface area contributed by atoms with Gasteiger partial charge in [-0.15, -0.1) is 11.3 Å². The molecule has 2 rings (SSSR count). The molecule has 0 spiro atoms. The van der Waals surface area contributed by atoms with Gasteiger partial charge in [0, 0.05) is 30.8 Å². The van der Waals surface area contributed by atoms with Gasteiger partial charge in [0.25, 0.3) is 5.91 Å². The largest absolute Gasteiger partial charge is 0.339 e. The molecule has 0 bridgehead atoms. The van der Waals surface area contributed by atoms with Crippen molar-refractivity contribution < 1.29 is 4.79 Å². The first-order chi connectivity index (χ1) is 10.8. The predicted octanol–water partition coefficient (Wildman–Crippen LogP) is 3.00. The highest BCUT2D eigenvalue weighted by Crippen LogP contribution is 2.25. The Balaban J connectivity index is 2.08. The van der Waals surface area contributed by atoms with E-state index in [2.05, 4.69) is 50.0 Å². The van der Waals surface area contributed by atoms with Crippen molar-refractivity contribution in [3.05, 3.63) is 51.5 Å². The molecule has 0 aliphatic rings. The van der Waals surface area contributed by atoms with Crippen LogP contribution in [0.4, 0.5) is 0 Å². The molecule has 0 saturated heterocycles. The lowest BCUT2D eigenvalue weighted by Crippen LogP contribution is -2.38. The fourth-order valence-electron chi connectivity index (χ4n) is 2.60. The Morgan fingerprint density at radius 3 is 2.57 bits per heavy atom. The summed E-state index contributed by atoms with van der Waals surface area (Å²) in [7, 11) is 1.83. The van der Waals surface area contributed by atoms with Gasteiger partial charge < -0.3 is 10.6 Å². The third kappa shape index (κ3) is 4.39. The summed E-state index contributed by atoms with van der Waals surface area (Å²) in [6, 6.07) is 8.49. The van der Waals surface area contributed by atoms with Crippen LogP contribution in [0.2, 0.25) is 0 Å². The molecule has 23 heavy (non-hydrogen) atoms. The van der Waals surface area contributed by atoms with Crippen LogP contribution in [0, 0.1) is 6.92 Å². The summed E-state index contributed by atoms with van der Waals surface area (Å²) < 4.78 is 0. The molecular weight excluding hydrogens is 306 g/mol. The first kappa shape index (κ1) is 17.6. The number of nitrogens with two attached hydrogens (primary N) is 1. The number of benzene rings is 1. The van der Waals surface area contributed by atoms with E-state index >= 15 is 0 Å². The second-order valence-corrected chi connectivity index (χ2v) is 7.52. The van der Waals surface area contributed by atoms with Gasteiger partial charge in [0.05, 0.1) is 5.01 Å². The van der Waals surface area contributed by atoms with Crippen molar-refractivity contribution in [2.45, 2.75) is 32.6 Å². The van der Waals surface area contributed by atoms with Gasteiger partial charge in [-0.2, -0.15) is 0 Å². The second-order valence-electron chi connectivity index (χ2n) is 6.58. The van der Waals surface area contributed by atoms with Gasteiger partial charge in [-0.1, -0.05) is 43.7 Å². The van der Waals surface area contributed by atoms with E-state index in [0.29, 0.717) is 18.8 Å². The lowest BCUT2D eigenvalue weighted by molar-refractivity contribution is 0.0762. The number of carbonyl (C=O) groups excluding carboxylic acids is 1. The monoisotopic (exact) mass is 331 g/mol. The van der Waals surface area contributed by atoms with E-state index < -0.39 is 0 Å². The van der Waals surface area contributed by atoms with Crippen LogP contribution in [0.1, 0.15) is 40.5 Å². The molecule has 0 fully saturated rings. The van der Waals surface area contributed by atoms with Gasteiger partial charge in [0.2, 0.25) is 0 Å². The number of hydrogen-bond acceptors (Lipinski definition) is 4. The Bertz CT molecular complexity index is 661. The Kier molecular flexibility index (Phi) is 5.55. The molecule has 2 N–H and O–H groups in total. The van der Waals surface area contributed by atoms with Crippen LogP contribution in [0.5, 0.6) is 0 Å². The number of amides is 1. The SMILES string of the molecule is Cc1ccc(C(C)(C)CN(C)C(=O)c2csc(CCN)n2)cc1. The summed E-state index contributed by atoms with van der Waals surface area (Å²) in [5.41, 5.74) is 8.40. The lowest BCUT2D eigenvalue weighted by Gasteiger charge is -2.30. The van der Waals surface area contributed by atoms with E-state index in [9.17, 15) is 4.79 Å². The van der Waals surface area contributed by atoms with Crippen LogP contribution >= 0.6 is 11.3 Å². The van der Waals surface area contributed by atoms with Gasteiger partial charge in [0.15, 0.2) is 0 Å². The maximum Gasteiger partial charge on any atom is 0.273 e. The molecule has 1 aromatic carbocycles. The average molecular weight is 331 g/mol. The molecule has 1 heterocycles. The Hall–Kier alpha value is -1.72. The zero-order valence-corrected chi connectivity index (χ0v) is 15.1. The summed E-state index contributed by atoms with van der Waals surface area (Å²) in [6.07, 6.45) is 0.719. The highest BCUT2D eigenvalue weighted by Gasteiger charge is 2.26. The fourth-order valence-corrected chi connectivity index (χ4v) is 3.39. The van der Waals surface area contributed by atoms with Crippen molar-refractivity contribution in [1.29, 1.82) is 0 Å². The molecule has 2 aromatic rings. The quantitative estimate of drug-likeness (QED) is 0.885. The Morgan fingerprint density at radius 1 is 1.30 bits per heavy atom. The Morgan fingerprint density at radius 2 is 1.96 bits per heavy atom. The first-order valence-corrected chi connectivity index (χ1v) is 8.68. The summed E-state index contributed by atoms with van der Waals surface area (Å²) in [6.45, 7) is 7.58. The molecule has 1 aromatic heterocycles. The molecular formula is C18H25N3OS. The highest BCUT2D eigenvalue weighted by molar-refractivity contribution is 7.09. The molecule has 0 saturated carbocycles. The molecule has 0 atom stereocenters. The van der Waals surface area contributed by atoms with Crippen LogP contribution in [-0.2, 0) is 11.8 Å². The van der Waals surface area contributed by atoms with Crippen LogP contribution in [0.3, 0.4) is 0 Å². The number of thiazole rings is 1. The summed E-state index contributed by atoms with van der Waals surface area (Å²) in [4.78, 5) is 18.7. The number of aryl methyl sites for hydroxylation is 1. The van der Waals surface area contributed by atoms with Crippen molar-refractivity contribution in [2.75, 3.05) is 20.1 Å². The molecule has 0 radical (unpaired) electrons. The first-order valence-electron chi connectivity index (χ1n) is 7.80. The van der Waals surface area contributed by atoms with Gasteiger partial charge in [-0.25, -0.2) is 4.98 Å². The highest BCUT2D eigenvalue weighted by atomic mass is 32.1. The van der Waals surface area contributed by atoms with Crippen LogP contribution < -0.4 is 5.73 Å². The number of rotatable bonds is 6. The number of carbonyl (C=O) groups is 1. The molecule has 5 heteroatoms. The number of nitrogens with zero attached hydrogens (tertiary/aromatic N) is 2. The fraction of sp³-hybridized carbons (Fsp3) is 0.444. The minimum absolute atomic E-state index is 0.0373. The standard InChI is InChI=1S/C18H25N3OS/c1-13-5-7-14(8-6-13)18(2,3)12-21(4)17(22)15-11-23-16(20-15)9-10-19/h5-8,11H,9-10,12,19H2,1-4H3.